The zero-order valence-electron chi connectivity index (χ0n) is 15.4. The lowest BCUT2D eigenvalue weighted by atomic mass is 10.1. The summed E-state index contributed by atoms with van der Waals surface area (Å²) < 4.78 is 32.2. The molecule has 1 atom stereocenters. The van der Waals surface area contributed by atoms with Crippen molar-refractivity contribution in [1.29, 1.82) is 0 Å². The molecule has 0 saturated carbocycles. The second-order valence-corrected chi connectivity index (χ2v) is 6.41. The minimum atomic E-state index is -0.942. The third-order valence-electron chi connectivity index (χ3n) is 4.56. The van der Waals surface area contributed by atoms with Crippen molar-refractivity contribution < 1.29 is 23.1 Å². The van der Waals surface area contributed by atoms with Crippen LogP contribution in [0.2, 0.25) is 0 Å². The molecule has 0 unspecified atom stereocenters. The second kappa shape index (κ2) is 8.79. The minimum absolute atomic E-state index is 0.174. The van der Waals surface area contributed by atoms with E-state index in [1.165, 1.54) is 6.07 Å². The lowest BCUT2D eigenvalue weighted by Gasteiger charge is -2.33. The van der Waals surface area contributed by atoms with Crippen molar-refractivity contribution in [3.63, 3.8) is 0 Å². The standard InChI is InChI=1S/C20H21F2N3O3/c1-23-19(26)14-4-2-13(3-5-14)11-24-20(27)25-8-9-28-18(12-25)15-6-7-16(21)17(22)10-15/h2-7,10,18H,8-9,11-12H2,1H3,(H,23,26)(H,24,27)/t18-/m1/s1. The molecule has 2 N–H and O–H groups in total. The number of halogens is 2. The molecule has 0 radical (unpaired) electrons. The van der Waals surface area contributed by atoms with Gasteiger partial charge in [-0.2, -0.15) is 0 Å². The van der Waals surface area contributed by atoms with Crippen molar-refractivity contribution in [3.8, 4) is 0 Å². The predicted molar refractivity (Wildman–Crippen MR) is 98.7 cm³/mol. The van der Waals surface area contributed by atoms with E-state index in [2.05, 4.69) is 10.6 Å². The molecule has 2 aromatic carbocycles. The van der Waals surface area contributed by atoms with Gasteiger partial charge in [-0.15, -0.1) is 0 Å². The van der Waals surface area contributed by atoms with Gasteiger partial charge in [0.05, 0.1) is 13.2 Å². The minimum Gasteiger partial charge on any atom is -0.370 e. The summed E-state index contributed by atoms with van der Waals surface area (Å²) in [4.78, 5) is 25.6. The highest BCUT2D eigenvalue weighted by Crippen LogP contribution is 2.23. The van der Waals surface area contributed by atoms with Crippen LogP contribution in [0.1, 0.15) is 27.6 Å². The Morgan fingerprint density at radius 1 is 1.14 bits per heavy atom. The summed E-state index contributed by atoms with van der Waals surface area (Å²) in [5, 5.41) is 5.37. The number of hydrogen-bond acceptors (Lipinski definition) is 3. The van der Waals surface area contributed by atoms with Gasteiger partial charge in [0.2, 0.25) is 0 Å². The number of nitrogens with one attached hydrogen (secondary N) is 2. The van der Waals surface area contributed by atoms with Crippen molar-refractivity contribution in [2.24, 2.45) is 0 Å². The summed E-state index contributed by atoms with van der Waals surface area (Å²) in [5.41, 5.74) is 1.88. The number of ether oxygens (including phenoxy) is 1. The molecule has 1 heterocycles. The van der Waals surface area contributed by atoms with Gasteiger partial charge in [-0.05, 0) is 35.4 Å². The molecule has 1 aliphatic heterocycles. The number of benzene rings is 2. The molecule has 1 saturated heterocycles. The van der Waals surface area contributed by atoms with E-state index in [4.69, 9.17) is 4.74 Å². The average molecular weight is 389 g/mol. The van der Waals surface area contributed by atoms with Gasteiger partial charge in [0, 0.05) is 25.7 Å². The fourth-order valence-electron chi connectivity index (χ4n) is 2.96. The van der Waals surface area contributed by atoms with E-state index in [-0.39, 0.29) is 18.5 Å². The van der Waals surface area contributed by atoms with Crippen LogP contribution in [-0.2, 0) is 11.3 Å². The maximum absolute atomic E-state index is 13.5. The van der Waals surface area contributed by atoms with Gasteiger partial charge in [-0.25, -0.2) is 13.6 Å². The molecular formula is C20H21F2N3O3. The molecule has 0 aliphatic carbocycles. The summed E-state index contributed by atoms with van der Waals surface area (Å²) in [6, 6.07) is 10.3. The second-order valence-electron chi connectivity index (χ2n) is 6.41. The molecule has 0 spiro atoms. The first-order valence-electron chi connectivity index (χ1n) is 8.88. The van der Waals surface area contributed by atoms with Crippen LogP contribution in [0.3, 0.4) is 0 Å². The third kappa shape index (κ3) is 4.64. The molecule has 8 heteroatoms. The molecule has 0 aromatic heterocycles. The Morgan fingerprint density at radius 2 is 1.89 bits per heavy atom. The first kappa shape index (κ1) is 19.8. The first-order chi connectivity index (χ1) is 13.5. The van der Waals surface area contributed by atoms with Crippen molar-refractivity contribution in [2.45, 2.75) is 12.6 Å². The number of amides is 3. The Hall–Kier alpha value is -3.00. The Balaban J connectivity index is 1.56. The van der Waals surface area contributed by atoms with E-state index in [1.54, 1.807) is 36.2 Å². The fraction of sp³-hybridized carbons (Fsp3) is 0.300. The quantitative estimate of drug-likeness (QED) is 0.845. The van der Waals surface area contributed by atoms with Crippen LogP contribution >= 0.6 is 0 Å². The smallest absolute Gasteiger partial charge is 0.317 e. The van der Waals surface area contributed by atoms with Crippen molar-refractivity contribution in [3.05, 3.63) is 70.8 Å². The van der Waals surface area contributed by atoms with E-state index < -0.39 is 17.7 Å². The van der Waals surface area contributed by atoms with E-state index in [9.17, 15) is 18.4 Å². The van der Waals surface area contributed by atoms with Crippen LogP contribution in [0.5, 0.6) is 0 Å². The van der Waals surface area contributed by atoms with E-state index in [0.717, 1.165) is 17.7 Å². The molecule has 1 aliphatic rings. The van der Waals surface area contributed by atoms with Crippen LogP contribution in [0.4, 0.5) is 13.6 Å². The number of carbonyl (C=O) groups excluding carboxylic acids is 2. The Bertz CT molecular complexity index is 858. The highest BCUT2D eigenvalue weighted by molar-refractivity contribution is 5.93. The van der Waals surface area contributed by atoms with Crippen LogP contribution in [0.25, 0.3) is 0 Å². The van der Waals surface area contributed by atoms with Gasteiger partial charge >= 0.3 is 6.03 Å². The Labute approximate surface area is 161 Å². The average Bonchev–Trinajstić information content (AvgIpc) is 2.73. The zero-order valence-corrected chi connectivity index (χ0v) is 15.4. The maximum Gasteiger partial charge on any atom is 0.317 e. The highest BCUT2D eigenvalue weighted by atomic mass is 19.2. The summed E-state index contributed by atoms with van der Waals surface area (Å²) in [6.07, 6.45) is -0.513. The van der Waals surface area contributed by atoms with E-state index >= 15 is 0 Å². The molecule has 1 fully saturated rings. The first-order valence-corrected chi connectivity index (χ1v) is 8.88. The Morgan fingerprint density at radius 3 is 2.57 bits per heavy atom. The molecule has 0 bridgehead atoms. The summed E-state index contributed by atoms with van der Waals surface area (Å²) in [5.74, 6) is -2.04. The maximum atomic E-state index is 13.5. The number of hydrogen-bond donors (Lipinski definition) is 2. The van der Waals surface area contributed by atoms with Gasteiger partial charge in [0.15, 0.2) is 11.6 Å². The van der Waals surface area contributed by atoms with Gasteiger partial charge in [0.25, 0.3) is 5.91 Å². The van der Waals surface area contributed by atoms with Crippen molar-refractivity contribution in [1.82, 2.24) is 15.5 Å². The largest absolute Gasteiger partial charge is 0.370 e. The summed E-state index contributed by atoms with van der Waals surface area (Å²) >= 11 is 0. The van der Waals surface area contributed by atoms with Gasteiger partial charge in [-0.1, -0.05) is 18.2 Å². The normalized spacial score (nSPS) is 16.5. The SMILES string of the molecule is CNC(=O)c1ccc(CNC(=O)N2CCO[C@@H](c3ccc(F)c(F)c3)C2)cc1. The number of rotatable bonds is 4. The number of nitrogens with zero attached hydrogens (tertiary/aromatic N) is 1. The third-order valence-corrected chi connectivity index (χ3v) is 4.56. The van der Waals surface area contributed by atoms with Crippen LogP contribution in [0.15, 0.2) is 42.5 Å². The van der Waals surface area contributed by atoms with E-state index in [0.29, 0.717) is 30.8 Å². The fourth-order valence-corrected chi connectivity index (χ4v) is 2.96. The molecule has 6 nitrogen and oxygen atoms in total. The molecule has 3 amide bonds. The topological polar surface area (TPSA) is 70.7 Å². The molecule has 148 valence electrons. The molecule has 2 aromatic rings. The lowest BCUT2D eigenvalue weighted by Crippen LogP contribution is -2.47. The van der Waals surface area contributed by atoms with Crippen molar-refractivity contribution in [2.75, 3.05) is 26.7 Å². The lowest BCUT2D eigenvalue weighted by molar-refractivity contribution is -0.0156. The Kier molecular flexibility index (Phi) is 6.20. The molecule has 3 rings (SSSR count). The van der Waals surface area contributed by atoms with Crippen LogP contribution in [-0.4, -0.2) is 43.6 Å². The van der Waals surface area contributed by atoms with E-state index in [1.807, 2.05) is 0 Å². The summed E-state index contributed by atoms with van der Waals surface area (Å²) in [7, 11) is 1.56. The van der Waals surface area contributed by atoms with Gasteiger partial charge in [0.1, 0.15) is 6.10 Å². The highest BCUT2D eigenvalue weighted by Gasteiger charge is 2.26. The van der Waals surface area contributed by atoms with Crippen molar-refractivity contribution >= 4 is 11.9 Å². The summed E-state index contributed by atoms with van der Waals surface area (Å²) in [6.45, 7) is 1.26. The van der Waals surface area contributed by atoms with Gasteiger partial charge < -0.3 is 20.3 Å². The molecular weight excluding hydrogens is 368 g/mol. The molecule has 28 heavy (non-hydrogen) atoms. The van der Waals surface area contributed by atoms with Crippen LogP contribution < -0.4 is 10.6 Å². The van der Waals surface area contributed by atoms with Crippen LogP contribution in [0, 0.1) is 11.6 Å². The number of urea groups is 1. The predicted octanol–water partition coefficient (Wildman–Crippen LogP) is 2.61. The van der Waals surface area contributed by atoms with Gasteiger partial charge in [-0.3, -0.25) is 4.79 Å². The monoisotopic (exact) mass is 389 g/mol. The zero-order chi connectivity index (χ0) is 20.1. The number of carbonyl (C=O) groups is 2. The number of morpholine rings is 1.